The summed E-state index contributed by atoms with van der Waals surface area (Å²) >= 11 is 0. The van der Waals surface area contributed by atoms with E-state index in [1.54, 1.807) is 13.0 Å². The second-order valence-corrected chi connectivity index (χ2v) is 7.34. The van der Waals surface area contributed by atoms with Gasteiger partial charge in [0.25, 0.3) is 0 Å². The van der Waals surface area contributed by atoms with E-state index < -0.39 is 46.3 Å². The van der Waals surface area contributed by atoms with Crippen LogP contribution in [0.1, 0.15) is 67.7 Å². The summed E-state index contributed by atoms with van der Waals surface area (Å²) in [4.78, 5) is 39.5. The van der Waals surface area contributed by atoms with Gasteiger partial charge < -0.3 is 15.3 Å². The molecular weight excluding hydrogens is 348 g/mol. The highest BCUT2D eigenvalue weighted by Crippen LogP contribution is 2.49. The minimum atomic E-state index is -1.99. The molecule has 146 valence electrons. The number of carbonyl (C=O) groups is 3. The zero-order chi connectivity index (χ0) is 20.5. The lowest BCUT2D eigenvalue weighted by Crippen LogP contribution is -2.58. The quantitative estimate of drug-likeness (QED) is 0.400. The molecule has 0 spiro atoms. The maximum atomic E-state index is 13.4. The predicted octanol–water partition coefficient (Wildman–Crippen LogP) is 3.19. The molecular formula is C21H26O6. The van der Waals surface area contributed by atoms with Gasteiger partial charge in [0.15, 0.2) is 11.6 Å². The summed E-state index contributed by atoms with van der Waals surface area (Å²) in [5.74, 6) is -4.06. The van der Waals surface area contributed by atoms with Gasteiger partial charge in [-0.3, -0.25) is 14.4 Å². The fourth-order valence-electron chi connectivity index (χ4n) is 3.85. The topological polar surface area (TPSA) is 112 Å². The average molecular weight is 374 g/mol. The Balaban J connectivity index is 2.78. The summed E-state index contributed by atoms with van der Waals surface area (Å²) in [5.41, 5.74) is -1.77. The van der Waals surface area contributed by atoms with Crippen LogP contribution >= 0.6 is 0 Å². The third-order valence-electron chi connectivity index (χ3n) is 5.30. The fourth-order valence-corrected chi connectivity index (χ4v) is 3.85. The summed E-state index contributed by atoms with van der Waals surface area (Å²) in [6, 6.07) is 2.24. The van der Waals surface area contributed by atoms with Crippen LogP contribution in [0.3, 0.4) is 0 Å². The molecule has 1 aliphatic carbocycles. The van der Waals surface area contributed by atoms with E-state index in [-0.39, 0.29) is 24.0 Å². The molecule has 0 bridgehead atoms. The highest BCUT2D eigenvalue weighted by Gasteiger charge is 2.60. The third-order valence-corrected chi connectivity index (χ3v) is 5.30. The first-order valence-corrected chi connectivity index (χ1v) is 9.09. The second-order valence-electron chi connectivity index (χ2n) is 7.34. The lowest BCUT2D eigenvalue weighted by Gasteiger charge is -2.42. The van der Waals surface area contributed by atoms with Gasteiger partial charge in [0.2, 0.25) is 0 Å². The largest absolute Gasteiger partial charge is 0.507 e. The van der Waals surface area contributed by atoms with Crippen molar-refractivity contribution in [3.8, 4) is 11.5 Å². The Morgan fingerprint density at radius 3 is 2.26 bits per heavy atom. The number of carbonyl (C=O) groups excluding carboxylic acids is 3. The van der Waals surface area contributed by atoms with Crippen LogP contribution in [0.15, 0.2) is 23.8 Å². The summed E-state index contributed by atoms with van der Waals surface area (Å²) in [7, 11) is 0. The molecule has 0 saturated heterocycles. The van der Waals surface area contributed by atoms with Crippen LogP contribution in [0.2, 0.25) is 0 Å². The standard InChI is InChI=1S/C21H26O6/c1-5-6-15(24)21(16(25)10-7-11(2)3)12(4)19(26)17-13(22)8-9-14(23)18(17)20(21)27/h7-9,12,16,22-23,25H,5-6,10H2,1-4H3/t12?,16-,21?/m1/s1. The Hall–Kier alpha value is -2.47. The van der Waals surface area contributed by atoms with Crippen molar-refractivity contribution >= 4 is 17.3 Å². The minimum absolute atomic E-state index is 0.0180. The first-order valence-electron chi connectivity index (χ1n) is 9.09. The number of allylic oxidation sites excluding steroid dienone is 1. The van der Waals surface area contributed by atoms with Crippen molar-refractivity contribution < 1.29 is 29.7 Å². The lowest BCUT2D eigenvalue weighted by atomic mass is 9.57. The molecule has 0 aliphatic heterocycles. The maximum Gasteiger partial charge on any atom is 0.184 e. The zero-order valence-electron chi connectivity index (χ0n) is 16.1. The Labute approximate surface area is 158 Å². The van der Waals surface area contributed by atoms with Crippen molar-refractivity contribution in [2.24, 2.45) is 11.3 Å². The number of ketones is 3. The molecule has 2 rings (SSSR count). The number of phenols is 2. The van der Waals surface area contributed by atoms with Crippen LogP contribution in [0, 0.1) is 11.3 Å². The van der Waals surface area contributed by atoms with Crippen LogP contribution in [-0.4, -0.2) is 38.8 Å². The molecule has 2 unspecified atom stereocenters. The number of Topliss-reactive ketones (excluding diaryl/α,β-unsaturated/α-hetero) is 3. The molecule has 0 saturated carbocycles. The summed E-state index contributed by atoms with van der Waals surface area (Å²) in [6.45, 7) is 6.84. The minimum Gasteiger partial charge on any atom is -0.507 e. The Morgan fingerprint density at radius 1 is 1.19 bits per heavy atom. The number of aliphatic hydroxyl groups is 1. The van der Waals surface area contributed by atoms with Gasteiger partial charge in [-0.25, -0.2) is 0 Å². The van der Waals surface area contributed by atoms with Gasteiger partial charge in [-0.15, -0.1) is 0 Å². The molecule has 27 heavy (non-hydrogen) atoms. The first-order chi connectivity index (χ1) is 12.6. The smallest absolute Gasteiger partial charge is 0.184 e. The highest BCUT2D eigenvalue weighted by molar-refractivity contribution is 6.27. The van der Waals surface area contributed by atoms with Gasteiger partial charge in [0.1, 0.15) is 22.7 Å². The fraction of sp³-hybridized carbons (Fsp3) is 0.476. The number of fused-ring (bicyclic) bond motifs is 1. The van der Waals surface area contributed by atoms with Crippen molar-refractivity contribution in [2.75, 3.05) is 0 Å². The maximum absolute atomic E-state index is 13.4. The van der Waals surface area contributed by atoms with Gasteiger partial charge in [-0.2, -0.15) is 0 Å². The number of aliphatic hydroxyl groups excluding tert-OH is 1. The van der Waals surface area contributed by atoms with Crippen molar-refractivity contribution in [3.05, 3.63) is 34.9 Å². The van der Waals surface area contributed by atoms with Crippen molar-refractivity contribution in [1.29, 1.82) is 0 Å². The molecule has 6 heteroatoms. The molecule has 0 fully saturated rings. The normalized spacial score (nSPS) is 22.9. The first kappa shape index (κ1) is 20.8. The summed E-state index contributed by atoms with van der Waals surface area (Å²) in [5, 5.41) is 31.2. The van der Waals surface area contributed by atoms with Gasteiger partial charge in [0.05, 0.1) is 17.2 Å². The third kappa shape index (κ3) is 3.18. The van der Waals surface area contributed by atoms with Crippen LogP contribution in [0.4, 0.5) is 0 Å². The number of rotatable bonds is 6. The molecule has 0 radical (unpaired) electrons. The number of hydrogen-bond acceptors (Lipinski definition) is 6. The summed E-state index contributed by atoms with van der Waals surface area (Å²) < 4.78 is 0. The molecule has 3 atom stereocenters. The Bertz CT molecular complexity index is 818. The van der Waals surface area contributed by atoms with E-state index >= 15 is 0 Å². The Kier molecular flexibility index (Phi) is 5.90. The molecule has 3 N–H and O–H groups in total. The molecule has 0 amide bonds. The van der Waals surface area contributed by atoms with Crippen LogP contribution in [0.25, 0.3) is 0 Å². The second kappa shape index (κ2) is 7.64. The highest BCUT2D eigenvalue weighted by atomic mass is 16.3. The van der Waals surface area contributed by atoms with Gasteiger partial charge >= 0.3 is 0 Å². The van der Waals surface area contributed by atoms with E-state index in [4.69, 9.17) is 0 Å². The predicted molar refractivity (Wildman–Crippen MR) is 100.0 cm³/mol. The molecule has 6 nitrogen and oxygen atoms in total. The Morgan fingerprint density at radius 2 is 1.74 bits per heavy atom. The van der Waals surface area contributed by atoms with Crippen molar-refractivity contribution in [3.63, 3.8) is 0 Å². The van der Waals surface area contributed by atoms with E-state index in [2.05, 4.69) is 0 Å². The van der Waals surface area contributed by atoms with Crippen LogP contribution in [-0.2, 0) is 4.79 Å². The molecule has 1 aromatic carbocycles. The van der Waals surface area contributed by atoms with Gasteiger partial charge in [0, 0.05) is 12.3 Å². The van der Waals surface area contributed by atoms with Crippen LogP contribution < -0.4 is 0 Å². The zero-order valence-corrected chi connectivity index (χ0v) is 16.1. The van der Waals surface area contributed by atoms with Crippen molar-refractivity contribution in [1.82, 2.24) is 0 Å². The monoisotopic (exact) mass is 374 g/mol. The number of aromatic hydroxyl groups is 2. The number of phenolic OH excluding ortho intramolecular Hbond substituents is 2. The van der Waals surface area contributed by atoms with E-state index in [0.29, 0.717) is 6.42 Å². The lowest BCUT2D eigenvalue weighted by molar-refractivity contribution is -0.134. The van der Waals surface area contributed by atoms with E-state index in [9.17, 15) is 29.7 Å². The van der Waals surface area contributed by atoms with Crippen LogP contribution in [0.5, 0.6) is 11.5 Å². The summed E-state index contributed by atoms with van der Waals surface area (Å²) in [6.07, 6.45) is 0.768. The van der Waals surface area contributed by atoms with Crippen molar-refractivity contribution in [2.45, 2.75) is 53.1 Å². The SMILES string of the molecule is CCCC(=O)C1([C@H](O)CC=C(C)C)C(=O)c2c(O)ccc(O)c2C(=O)C1C. The molecule has 0 aromatic heterocycles. The number of benzene rings is 1. The van der Waals surface area contributed by atoms with Gasteiger partial charge in [-0.1, -0.05) is 25.5 Å². The average Bonchev–Trinajstić information content (AvgIpc) is 2.60. The molecule has 1 aliphatic rings. The number of hydrogen-bond donors (Lipinski definition) is 3. The van der Waals surface area contributed by atoms with E-state index in [1.165, 1.54) is 6.92 Å². The van der Waals surface area contributed by atoms with E-state index in [1.807, 2.05) is 13.8 Å². The molecule has 1 aromatic rings. The molecule has 0 heterocycles. The van der Waals surface area contributed by atoms with Gasteiger partial charge in [-0.05, 0) is 38.8 Å². The van der Waals surface area contributed by atoms with E-state index in [0.717, 1.165) is 17.7 Å².